The fourth-order valence-corrected chi connectivity index (χ4v) is 3.19. The number of carbonyl (C=O) groups is 1. The summed E-state index contributed by atoms with van der Waals surface area (Å²) < 4.78 is 5.33. The Hall–Kier alpha value is -1.56. The third-order valence-corrected chi connectivity index (χ3v) is 4.66. The number of aromatic nitrogens is 1. The highest BCUT2D eigenvalue weighted by Gasteiger charge is 2.25. The van der Waals surface area contributed by atoms with E-state index in [4.69, 9.17) is 16.1 Å². The van der Waals surface area contributed by atoms with Crippen molar-refractivity contribution < 1.29 is 9.32 Å². The average Bonchev–Trinajstić information content (AvgIpc) is 3.10. The first-order chi connectivity index (χ1) is 11.7. The van der Waals surface area contributed by atoms with E-state index in [1.807, 2.05) is 17.0 Å². The van der Waals surface area contributed by atoms with Crippen LogP contribution in [-0.4, -0.2) is 42.1 Å². The summed E-state index contributed by atoms with van der Waals surface area (Å²) in [6.07, 6.45) is 2.05. The molecule has 1 N–H and O–H groups in total. The number of amides is 1. The van der Waals surface area contributed by atoms with Crippen LogP contribution in [0.5, 0.6) is 0 Å². The lowest BCUT2D eigenvalue weighted by molar-refractivity contribution is 0.0680. The molecule has 1 fully saturated rings. The van der Waals surface area contributed by atoms with Crippen molar-refractivity contribution in [3.8, 4) is 11.3 Å². The maximum absolute atomic E-state index is 12.6. The van der Waals surface area contributed by atoms with Crippen molar-refractivity contribution in [1.82, 2.24) is 15.4 Å². The van der Waals surface area contributed by atoms with Crippen LogP contribution in [0.4, 0.5) is 0 Å². The first-order valence-corrected chi connectivity index (χ1v) is 8.78. The molecule has 0 unspecified atom stereocenters. The van der Waals surface area contributed by atoms with E-state index in [2.05, 4.69) is 17.4 Å². The van der Waals surface area contributed by atoms with Crippen molar-refractivity contribution in [3.05, 3.63) is 41.0 Å². The van der Waals surface area contributed by atoms with E-state index in [0.717, 1.165) is 44.6 Å². The van der Waals surface area contributed by atoms with Gasteiger partial charge in [-0.25, -0.2) is 0 Å². The van der Waals surface area contributed by atoms with Gasteiger partial charge in [-0.1, -0.05) is 35.8 Å². The van der Waals surface area contributed by atoms with Gasteiger partial charge in [-0.2, -0.15) is 0 Å². The van der Waals surface area contributed by atoms with Crippen LogP contribution < -0.4 is 5.32 Å². The number of hydrogen-bond donors (Lipinski definition) is 1. The van der Waals surface area contributed by atoms with Gasteiger partial charge in [-0.15, -0.1) is 12.4 Å². The maximum atomic E-state index is 12.6. The Morgan fingerprint density at radius 3 is 2.80 bits per heavy atom. The van der Waals surface area contributed by atoms with E-state index in [1.165, 1.54) is 0 Å². The van der Waals surface area contributed by atoms with Gasteiger partial charge in [0.05, 0.1) is 0 Å². The molecule has 0 radical (unpaired) electrons. The second-order valence-electron chi connectivity index (χ2n) is 6.13. The SMILES string of the molecule is CCNCC1CCN(C(=O)c2cc(-c3cccc(Cl)c3)on2)CC1.Cl. The van der Waals surface area contributed by atoms with E-state index in [0.29, 0.717) is 22.4 Å². The largest absolute Gasteiger partial charge is 0.355 e. The molecule has 0 aliphatic carbocycles. The Labute approximate surface area is 159 Å². The molecule has 25 heavy (non-hydrogen) atoms. The van der Waals surface area contributed by atoms with Crippen molar-refractivity contribution >= 4 is 29.9 Å². The van der Waals surface area contributed by atoms with Crippen LogP contribution in [0.25, 0.3) is 11.3 Å². The third-order valence-electron chi connectivity index (χ3n) is 4.42. The Morgan fingerprint density at radius 2 is 2.12 bits per heavy atom. The summed E-state index contributed by atoms with van der Waals surface area (Å²) >= 11 is 5.99. The molecule has 1 aliphatic heterocycles. The number of nitrogens with one attached hydrogen (secondary N) is 1. The maximum Gasteiger partial charge on any atom is 0.276 e. The minimum Gasteiger partial charge on any atom is -0.355 e. The normalized spacial score (nSPS) is 15.0. The van der Waals surface area contributed by atoms with Gasteiger partial charge >= 0.3 is 0 Å². The highest BCUT2D eigenvalue weighted by atomic mass is 35.5. The van der Waals surface area contributed by atoms with Crippen LogP contribution in [-0.2, 0) is 0 Å². The number of benzene rings is 1. The van der Waals surface area contributed by atoms with Crippen LogP contribution >= 0.6 is 24.0 Å². The number of rotatable bonds is 5. The number of piperidine rings is 1. The highest BCUT2D eigenvalue weighted by molar-refractivity contribution is 6.30. The van der Waals surface area contributed by atoms with Crippen LogP contribution in [0.15, 0.2) is 34.9 Å². The van der Waals surface area contributed by atoms with Gasteiger partial charge in [0.15, 0.2) is 11.5 Å². The predicted molar refractivity (Wildman–Crippen MR) is 101 cm³/mol. The zero-order valence-corrected chi connectivity index (χ0v) is 15.8. The lowest BCUT2D eigenvalue weighted by atomic mass is 9.96. The van der Waals surface area contributed by atoms with Gasteiger partial charge in [0.2, 0.25) is 0 Å². The highest BCUT2D eigenvalue weighted by Crippen LogP contribution is 2.25. The van der Waals surface area contributed by atoms with Gasteiger partial charge in [-0.3, -0.25) is 4.79 Å². The third kappa shape index (κ3) is 4.97. The van der Waals surface area contributed by atoms with Crippen molar-refractivity contribution in [3.63, 3.8) is 0 Å². The number of hydrogen-bond acceptors (Lipinski definition) is 4. The minimum absolute atomic E-state index is 0. The Bertz CT molecular complexity index is 697. The molecule has 2 heterocycles. The average molecular weight is 384 g/mol. The second-order valence-corrected chi connectivity index (χ2v) is 6.57. The monoisotopic (exact) mass is 383 g/mol. The summed E-state index contributed by atoms with van der Waals surface area (Å²) in [6, 6.07) is 9.01. The summed E-state index contributed by atoms with van der Waals surface area (Å²) in [5.41, 5.74) is 1.17. The van der Waals surface area contributed by atoms with Crippen molar-refractivity contribution in [1.29, 1.82) is 0 Å². The molecule has 0 saturated carbocycles. The number of halogens is 2. The zero-order valence-electron chi connectivity index (χ0n) is 14.2. The standard InChI is InChI=1S/C18H22ClN3O2.ClH/c1-2-20-12-13-6-8-22(9-7-13)18(23)16-11-17(24-21-16)14-4-3-5-15(19)10-14;/h3-5,10-11,13,20H,2,6-9,12H2,1H3;1H. The van der Waals surface area contributed by atoms with Crippen LogP contribution in [0.3, 0.4) is 0 Å². The number of carbonyl (C=O) groups excluding carboxylic acids is 1. The molecule has 5 nitrogen and oxygen atoms in total. The molecule has 0 spiro atoms. The van der Waals surface area contributed by atoms with Crippen LogP contribution in [0.1, 0.15) is 30.3 Å². The van der Waals surface area contributed by atoms with Gasteiger partial charge in [-0.05, 0) is 44.0 Å². The van der Waals surface area contributed by atoms with E-state index < -0.39 is 0 Å². The molecular weight excluding hydrogens is 361 g/mol. The molecule has 3 rings (SSSR count). The summed E-state index contributed by atoms with van der Waals surface area (Å²) in [4.78, 5) is 14.5. The van der Waals surface area contributed by atoms with Crippen LogP contribution in [0.2, 0.25) is 5.02 Å². The molecule has 1 aliphatic rings. The van der Waals surface area contributed by atoms with Gasteiger partial charge in [0.1, 0.15) is 0 Å². The van der Waals surface area contributed by atoms with E-state index in [9.17, 15) is 4.79 Å². The first-order valence-electron chi connectivity index (χ1n) is 8.40. The molecule has 1 amide bonds. The molecular formula is C18H23Cl2N3O2. The van der Waals surface area contributed by atoms with E-state index in [1.54, 1.807) is 18.2 Å². The quantitative estimate of drug-likeness (QED) is 0.850. The Kier molecular flexibility index (Phi) is 7.29. The summed E-state index contributed by atoms with van der Waals surface area (Å²) in [7, 11) is 0. The lowest BCUT2D eigenvalue weighted by Gasteiger charge is -2.31. The second kappa shape index (κ2) is 9.22. The lowest BCUT2D eigenvalue weighted by Crippen LogP contribution is -2.40. The number of nitrogens with zero attached hydrogens (tertiary/aromatic N) is 2. The fraction of sp³-hybridized carbons (Fsp3) is 0.444. The summed E-state index contributed by atoms with van der Waals surface area (Å²) in [5, 5.41) is 7.95. The Morgan fingerprint density at radius 1 is 1.36 bits per heavy atom. The molecule has 7 heteroatoms. The van der Waals surface area contributed by atoms with Gasteiger partial charge in [0, 0.05) is 29.7 Å². The number of likely N-dealkylation sites (tertiary alicyclic amines) is 1. The molecule has 1 aromatic heterocycles. The van der Waals surface area contributed by atoms with Crippen molar-refractivity contribution in [2.45, 2.75) is 19.8 Å². The minimum atomic E-state index is -0.0612. The molecule has 0 bridgehead atoms. The van der Waals surface area contributed by atoms with E-state index >= 15 is 0 Å². The van der Waals surface area contributed by atoms with Gasteiger partial charge in [0.25, 0.3) is 5.91 Å². The van der Waals surface area contributed by atoms with Gasteiger partial charge < -0.3 is 14.7 Å². The van der Waals surface area contributed by atoms with Crippen molar-refractivity contribution in [2.75, 3.05) is 26.2 Å². The fourth-order valence-electron chi connectivity index (χ4n) is 3.00. The summed E-state index contributed by atoms with van der Waals surface area (Å²) in [5.74, 6) is 1.14. The topological polar surface area (TPSA) is 58.4 Å². The molecule has 2 aromatic rings. The first kappa shape index (κ1) is 19.8. The van der Waals surface area contributed by atoms with E-state index in [-0.39, 0.29) is 18.3 Å². The smallest absolute Gasteiger partial charge is 0.276 e. The zero-order chi connectivity index (χ0) is 16.9. The predicted octanol–water partition coefficient (Wildman–Crippen LogP) is 3.88. The molecule has 0 atom stereocenters. The molecule has 1 saturated heterocycles. The van der Waals surface area contributed by atoms with Crippen molar-refractivity contribution in [2.24, 2.45) is 5.92 Å². The Balaban J connectivity index is 0.00000225. The van der Waals surface area contributed by atoms with Crippen LogP contribution in [0, 0.1) is 5.92 Å². The molecule has 1 aromatic carbocycles. The summed E-state index contributed by atoms with van der Waals surface area (Å²) in [6.45, 7) is 5.68. The molecule has 136 valence electrons.